The Balaban J connectivity index is 1.88. The van der Waals surface area contributed by atoms with E-state index in [1.165, 1.54) is 12.8 Å². The maximum Gasteiger partial charge on any atom is 0.241 e. The maximum absolute atomic E-state index is 11.9. The Morgan fingerprint density at radius 2 is 2.29 bits per heavy atom. The average molecular weight is 196 g/mol. The van der Waals surface area contributed by atoms with Gasteiger partial charge in [0.15, 0.2) is 0 Å². The lowest BCUT2D eigenvalue weighted by Crippen LogP contribution is -2.36. The molecule has 1 saturated carbocycles. The zero-order chi connectivity index (χ0) is 10.1. The molecule has 1 amide bonds. The van der Waals surface area contributed by atoms with Crippen molar-refractivity contribution in [2.45, 2.75) is 39.2 Å². The molecule has 2 atom stereocenters. The number of rotatable bonds is 4. The van der Waals surface area contributed by atoms with Crippen LogP contribution in [0, 0.1) is 11.8 Å². The van der Waals surface area contributed by atoms with Gasteiger partial charge >= 0.3 is 0 Å². The zero-order valence-electron chi connectivity index (χ0n) is 9.12. The predicted molar refractivity (Wildman–Crippen MR) is 55.7 cm³/mol. The third kappa shape index (κ3) is 1.92. The molecular formula is C11H20N2O. The second-order valence-electron chi connectivity index (χ2n) is 4.73. The fourth-order valence-corrected chi connectivity index (χ4v) is 2.02. The van der Waals surface area contributed by atoms with Gasteiger partial charge in [0.2, 0.25) is 5.91 Å². The van der Waals surface area contributed by atoms with E-state index >= 15 is 0 Å². The smallest absolute Gasteiger partial charge is 0.241 e. The van der Waals surface area contributed by atoms with Gasteiger partial charge in [0, 0.05) is 6.54 Å². The second kappa shape index (κ2) is 3.89. The molecule has 2 fully saturated rings. The van der Waals surface area contributed by atoms with Gasteiger partial charge in [0.1, 0.15) is 0 Å². The monoisotopic (exact) mass is 196 g/mol. The van der Waals surface area contributed by atoms with Crippen molar-refractivity contribution in [3.8, 4) is 0 Å². The van der Waals surface area contributed by atoms with Crippen LogP contribution < -0.4 is 5.32 Å². The van der Waals surface area contributed by atoms with E-state index in [4.69, 9.17) is 0 Å². The highest BCUT2D eigenvalue weighted by Crippen LogP contribution is 2.30. The highest BCUT2D eigenvalue weighted by Gasteiger charge is 2.36. The van der Waals surface area contributed by atoms with Crippen LogP contribution in [0.4, 0.5) is 0 Å². The molecule has 3 nitrogen and oxygen atoms in total. The minimum absolute atomic E-state index is 0.0822. The molecule has 1 saturated heterocycles. The molecule has 2 unspecified atom stereocenters. The SMILES string of the molecule is CCC(C)C1NCN(CC2CC2)C1=O. The fraction of sp³-hybridized carbons (Fsp3) is 0.909. The summed E-state index contributed by atoms with van der Waals surface area (Å²) in [6.07, 6.45) is 3.70. The first-order valence-corrected chi connectivity index (χ1v) is 5.74. The summed E-state index contributed by atoms with van der Waals surface area (Å²) < 4.78 is 0. The number of nitrogens with zero attached hydrogens (tertiary/aromatic N) is 1. The molecule has 1 heterocycles. The molecule has 3 heteroatoms. The fourth-order valence-electron chi connectivity index (χ4n) is 2.02. The van der Waals surface area contributed by atoms with E-state index in [1.54, 1.807) is 0 Å². The highest BCUT2D eigenvalue weighted by atomic mass is 16.2. The van der Waals surface area contributed by atoms with Crippen molar-refractivity contribution < 1.29 is 4.79 Å². The third-order valence-electron chi connectivity index (χ3n) is 3.47. The topological polar surface area (TPSA) is 32.3 Å². The van der Waals surface area contributed by atoms with Crippen LogP contribution >= 0.6 is 0 Å². The Bertz CT molecular complexity index is 225. The molecule has 1 N–H and O–H groups in total. The zero-order valence-corrected chi connectivity index (χ0v) is 9.12. The number of nitrogens with one attached hydrogen (secondary N) is 1. The third-order valence-corrected chi connectivity index (χ3v) is 3.47. The number of carbonyl (C=O) groups excluding carboxylic acids is 1. The second-order valence-corrected chi connectivity index (χ2v) is 4.73. The van der Waals surface area contributed by atoms with Crippen molar-refractivity contribution in [2.75, 3.05) is 13.2 Å². The molecule has 0 radical (unpaired) electrons. The van der Waals surface area contributed by atoms with Gasteiger partial charge < -0.3 is 4.90 Å². The Morgan fingerprint density at radius 3 is 2.86 bits per heavy atom. The van der Waals surface area contributed by atoms with Crippen molar-refractivity contribution in [3.63, 3.8) is 0 Å². The van der Waals surface area contributed by atoms with Gasteiger partial charge in [0.05, 0.1) is 12.7 Å². The van der Waals surface area contributed by atoms with Crippen LogP contribution in [-0.2, 0) is 4.79 Å². The van der Waals surface area contributed by atoms with Gasteiger partial charge in [-0.05, 0) is 24.7 Å². The molecule has 0 aromatic rings. The number of carbonyl (C=O) groups is 1. The molecule has 0 spiro atoms. The van der Waals surface area contributed by atoms with Crippen LogP contribution in [-0.4, -0.2) is 30.1 Å². The van der Waals surface area contributed by atoms with Gasteiger partial charge in [-0.25, -0.2) is 0 Å². The summed E-state index contributed by atoms with van der Waals surface area (Å²) in [5, 5.41) is 3.32. The number of amides is 1. The van der Waals surface area contributed by atoms with Gasteiger partial charge in [-0.1, -0.05) is 20.3 Å². The van der Waals surface area contributed by atoms with E-state index in [-0.39, 0.29) is 6.04 Å². The minimum atomic E-state index is 0.0822. The van der Waals surface area contributed by atoms with Gasteiger partial charge in [-0.2, -0.15) is 0 Å². The summed E-state index contributed by atoms with van der Waals surface area (Å²) in [5.74, 6) is 1.59. The van der Waals surface area contributed by atoms with E-state index in [0.29, 0.717) is 11.8 Å². The predicted octanol–water partition coefficient (Wildman–Crippen LogP) is 1.20. The first kappa shape index (κ1) is 9.97. The van der Waals surface area contributed by atoms with Crippen LogP contribution in [0.2, 0.25) is 0 Å². The van der Waals surface area contributed by atoms with Crippen molar-refractivity contribution >= 4 is 5.91 Å². The quantitative estimate of drug-likeness (QED) is 0.732. The summed E-state index contributed by atoms with van der Waals surface area (Å²) in [4.78, 5) is 13.9. The number of hydrogen-bond donors (Lipinski definition) is 1. The Kier molecular flexibility index (Phi) is 2.77. The summed E-state index contributed by atoms with van der Waals surface area (Å²) in [6, 6.07) is 0.0822. The summed E-state index contributed by atoms with van der Waals surface area (Å²) >= 11 is 0. The lowest BCUT2D eigenvalue weighted by atomic mass is 9.99. The molecule has 0 aromatic carbocycles. The van der Waals surface area contributed by atoms with E-state index in [9.17, 15) is 4.79 Å². The van der Waals surface area contributed by atoms with E-state index in [1.807, 2.05) is 4.90 Å². The van der Waals surface area contributed by atoms with Gasteiger partial charge in [0.25, 0.3) is 0 Å². The Hall–Kier alpha value is -0.570. The molecule has 80 valence electrons. The molecule has 0 aromatic heterocycles. The lowest BCUT2D eigenvalue weighted by Gasteiger charge is -2.17. The normalized spacial score (nSPS) is 29.7. The average Bonchev–Trinajstić information content (AvgIpc) is 2.92. The Labute approximate surface area is 85.8 Å². The summed E-state index contributed by atoms with van der Waals surface area (Å²) in [6.45, 7) is 6.04. The van der Waals surface area contributed by atoms with Crippen LogP contribution in [0.5, 0.6) is 0 Å². The van der Waals surface area contributed by atoms with Crippen molar-refractivity contribution in [1.29, 1.82) is 0 Å². The van der Waals surface area contributed by atoms with E-state index in [2.05, 4.69) is 19.2 Å². The minimum Gasteiger partial charge on any atom is -0.328 e. The number of hydrogen-bond acceptors (Lipinski definition) is 2. The molecule has 1 aliphatic carbocycles. The van der Waals surface area contributed by atoms with Gasteiger partial charge in [-0.15, -0.1) is 0 Å². The van der Waals surface area contributed by atoms with Crippen LogP contribution in [0.15, 0.2) is 0 Å². The maximum atomic E-state index is 11.9. The first-order valence-electron chi connectivity index (χ1n) is 5.74. The molecule has 14 heavy (non-hydrogen) atoms. The first-order chi connectivity index (χ1) is 6.72. The van der Waals surface area contributed by atoms with Crippen LogP contribution in [0.25, 0.3) is 0 Å². The molecule has 2 rings (SSSR count). The van der Waals surface area contributed by atoms with Crippen molar-refractivity contribution in [3.05, 3.63) is 0 Å². The Morgan fingerprint density at radius 1 is 1.57 bits per heavy atom. The summed E-state index contributed by atoms with van der Waals surface area (Å²) in [5.41, 5.74) is 0. The molecule has 2 aliphatic rings. The van der Waals surface area contributed by atoms with Crippen LogP contribution in [0.1, 0.15) is 33.1 Å². The van der Waals surface area contributed by atoms with E-state index in [0.717, 1.165) is 25.6 Å². The standard InChI is InChI=1S/C11H20N2O/c1-3-8(2)10-11(14)13(7-12-10)6-9-4-5-9/h8-10,12H,3-7H2,1-2H3. The molecule has 0 bridgehead atoms. The van der Waals surface area contributed by atoms with Crippen molar-refractivity contribution in [2.24, 2.45) is 11.8 Å². The van der Waals surface area contributed by atoms with Crippen molar-refractivity contribution in [1.82, 2.24) is 10.2 Å². The van der Waals surface area contributed by atoms with E-state index < -0.39 is 0 Å². The van der Waals surface area contributed by atoms with Gasteiger partial charge in [-0.3, -0.25) is 10.1 Å². The lowest BCUT2D eigenvalue weighted by molar-refractivity contribution is -0.130. The van der Waals surface area contributed by atoms with Crippen LogP contribution in [0.3, 0.4) is 0 Å². The largest absolute Gasteiger partial charge is 0.328 e. The molecular weight excluding hydrogens is 176 g/mol. The molecule has 1 aliphatic heterocycles. The highest BCUT2D eigenvalue weighted by molar-refractivity contribution is 5.84. The summed E-state index contributed by atoms with van der Waals surface area (Å²) in [7, 11) is 0.